The van der Waals surface area contributed by atoms with Crippen LogP contribution in [0.25, 0.3) is 0 Å². The van der Waals surface area contributed by atoms with Crippen molar-refractivity contribution in [3.05, 3.63) is 23.9 Å². The maximum atomic E-state index is 9.92. The number of aromatic nitrogens is 2. The Morgan fingerprint density at radius 2 is 2.29 bits per heavy atom. The molecule has 0 atom stereocenters. The summed E-state index contributed by atoms with van der Waals surface area (Å²) in [6.07, 6.45) is 3.97. The van der Waals surface area contributed by atoms with E-state index in [1.54, 1.807) is 0 Å². The average Bonchev–Trinajstić information content (AvgIpc) is 1.86. The van der Waals surface area contributed by atoms with Gasteiger partial charge in [-0.05, 0) is 0 Å². The third-order valence-corrected chi connectivity index (χ3v) is 0.480. The van der Waals surface area contributed by atoms with Crippen molar-refractivity contribution in [2.45, 2.75) is 0 Å². The van der Waals surface area contributed by atoms with Gasteiger partial charge in [-0.1, -0.05) is 0 Å². The molecule has 0 aliphatic rings. The molecule has 0 radical (unpaired) electrons. The summed E-state index contributed by atoms with van der Waals surface area (Å²) in [4.78, 5) is 3.47. The second kappa shape index (κ2) is 2.73. The van der Waals surface area contributed by atoms with E-state index in [0.717, 1.165) is 0 Å². The molecule has 1 aromatic heterocycles. The Bertz CT molecular complexity index is 116. The molecule has 1 aromatic rings. The topological polar surface area (TPSA) is 40.9 Å². The molecule has 0 spiro atoms. The van der Waals surface area contributed by atoms with E-state index in [1.165, 1.54) is 18.7 Å². The zero-order valence-corrected chi connectivity index (χ0v) is 4.03. The minimum absolute atomic E-state index is 0. The summed E-state index contributed by atoms with van der Waals surface area (Å²) in [7, 11) is 0. The second-order valence-electron chi connectivity index (χ2n) is 0.923. The van der Waals surface area contributed by atoms with Crippen molar-refractivity contribution in [1.29, 1.82) is 0 Å². The van der Waals surface area contributed by atoms with E-state index in [2.05, 4.69) is 4.98 Å². The fourth-order valence-electron chi connectivity index (χ4n) is 0.247. The maximum Gasteiger partial charge on any atom is 1.00 e. The SMILES string of the molecule is [Li+].[O-]n1ccnc1. The molecule has 0 saturated carbocycles. The predicted molar refractivity (Wildman–Crippen MR) is 21.0 cm³/mol. The summed E-state index contributed by atoms with van der Waals surface area (Å²) >= 11 is 0. The van der Waals surface area contributed by atoms with Crippen molar-refractivity contribution >= 4 is 0 Å². The van der Waals surface area contributed by atoms with Crippen LogP contribution in [-0.4, -0.2) is 9.71 Å². The van der Waals surface area contributed by atoms with Crippen LogP contribution in [0.2, 0.25) is 0 Å². The van der Waals surface area contributed by atoms with E-state index in [0.29, 0.717) is 4.73 Å². The summed E-state index contributed by atoms with van der Waals surface area (Å²) in [6.45, 7) is 0. The van der Waals surface area contributed by atoms with Crippen LogP contribution in [-0.2, 0) is 0 Å². The Morgan fingerprint density at radius 1 is 1.57 bits per heavy atom. The van der Waals surface area contributed by atoms with Gasteiger partial charge in [-0.15, -0.1) is 0 Å². The van der Waals surface area contributed by atoms with Crippen LogP contribution in [0.15, 0.2) is 18.7 Å². The third-order valence-electron chi connectivity index (χ3n) is 0.480. The summed E-state index contributed by atoms with van der Waals surface area (Å²) in [5.74, 6) is 0. The molecule has 0 bridgehead atoms. The monoisotopic (exact) mass is 90.0 g/mol. The Morgan fingerprint density at radius 3 is 2.43 bits per heavy atom. The molecule has 0 amide bonds. The molecule has 1 rings (SSSR count). The third kappa shape index (κ3) is 1.67. The van der Waals surface area contributed by atoms with Gasteiger partial charge in [0.15, 0.2) is 0 Å². The average molecular weight is 90.0 g/mol. The van der Waals surface area contributed by atoms with Gasteiger partial charge in [0.05, 0.1) is 6.33 Å². The Balaban J connectivity index is 0.000000360. The normalized spacial score (nSPS) is 7.43. The van der Waals surface area contributed by atoms with Crippen molar-refractivity contribution in [1.82, 2.24) is 9.71 Å². The van der Waals surface area contributed by atoms with Crippen LogP contribution in [0.3, 0.4) is 0 Å². The van der Waals surface area contributed by atoms with Gasteiger partial charge in [0.1, 0.15) is 0 Å². The Hall–Kier alpha value is -0.393. The van der Waals surface area contributed by atoms with E-state index in [1.807, 2.05) is 0 Å². The van der Waals surface area contributed by atoms with Gasteiger partial charge in [-0.3, -0.25) is 0 Å². The minimum atomic E-state index is 0. The molecule has 0 saturated heterocycles. The molecule has 4 heteroatoms. The van der Waals surface area contributed by atoms with Gasteiger partial charge in [0.25, 0.3) is 0 Å². The number of hydrogen-bond donors (Lipinski definition) is 0. The molecule has 32 valence electrons. The standard InChI is InChI=1S/C3H3N2O.Li/c6-5-2-1-4-3-5;/h1-3H;/q-1;+1. The van der Waals surface area contributed by atoms with E-state index < -0.39 is 0 Å². The van der Waals surface area contributed by atoms with Gasteiger partial charge >= 0.3 is 18.9 Å². The summed E-state index contributed by atoms with van der Waals surface area (Å²) in [6, 6.07) is 0. The van der Waals surface area contributed by atoms with E-state index >= 15 is 0 Å². The Kier molecular flexibility index (Phi) is 2.57. The van der Waals surface area contributed by atoms with Crippen molar-refractivity contribution < 1.29 is 18.9 Å². The molecule has 0 fully saturated rings. The summed E-state index contributed by atoms with van der Waals surface area (Å²) in [5.41, 5.74) is 0. The van der Waals surface area contributed by atoms with Gasteiger partial charge in [-0.2, -0.15) is 0 Å². The van der Waals surface area contributed by atoms with Gasteiger partial charge in [-0.25, -0.2) is 4.98 Å². The van der Waals surface area contributed by atoms with Gasteiger partial charge in [0, 0.05) is 12.4 Å². The van der Waals surface area contributed by atoms with Gasteiger partial charge in [0.2, 0.25) is 0 Å². The summed E-state index contributed by atoms with van der Waals surface area (Å²) in [5, 5.41) is 9.92. The molecular weight excluding hydrogens is 87.0 g/mol. The van der Waals surface area contributed by atoms with Crippen LogP contribution in [0, 0.1) is 5.21 Å². The zero-order valence-electron chi connectivity index (χ0n) is 4.03. The molecular formula is C3H3LiN2O. The molecule has 0 unspecified atom stereocenters. The molecule has 0 aliphatic carbocycles. The van der Waals surface area contributed by atoms with Gasteiger partial charge < -0.3 is 9.94 Å². The first-order valence-corrected chi connectivity index (χ1v) is 1.55. The fourth-order valence-corrected chi connectivity index (χ4v) is 0.247. The van der Waals surface area contributed by atoms with Crippen molar-refractivity contribution in [2.75, 3.05) is 0 Å². The smallest absolute Gasteiger partial charge is 0.805 e. The number of nitrogens with zero attached hydrogens (tertiary/aromatic N) is 2. The molecule has 0 aromatic carbocycles. The van der Waals surface area contributed by atoms with Crippen LogP contribution in [0.5, 0.6) is 0 Å². The molecule has 0 N–H and O–H groups in total. The molecule has 3 nitrogen and oxygen atoms in total. The molecule has 0 aliphatic heterocycles. The van der Waals surface area contributed by atoms with E-state index in [-0.39, 0.29) is 18.9 Å². The zero-order chi connectivity index (χ0) is 4.41. The number of imidazole rings is 1. The van der Waals surface area contributed by atoms with Crippen LogP contribution in [0.4, 0.5) is 0 Å². The predicted octanol–water partition coefficient (Wildman–Crippen LogP) is -2.77. The minimum Gasteiger partial charge on any atom is -0.805 e. The largest absolute Gasteiger partial charge is 1.00 e. The Labute approximate surface area is 53.1 Å². The van der Waals surface area contributed by atoms with Crippen LogP contribution >= 0.6 is 0 Å². The first-order valence-electron chi connectivity index (χ1n) is 1.55. The van der Waals surface area contributed by atoms with Crippen LogP contribution < -0.4 is 18.9 Å². The number of hydrogen-bond acceptors (Lipinski definition) is 2. The first-order chi connectivity index (χ1) is 2.89. The maximum absolute atomic E-state index is 9.92. The van der Waals surface area contributed by atoms with E-state index in [4.69, 9.17) is 0 Å². The van der Waals surface area contributed by atoms with Crippen LogP contribution in [0.1, 0.15) is 0 Å². The molecule has 1 heterocycles. The summed E-state index contributed by atoms with van der Waals surface area (Å²) < 4.78 is 0.639. The second-order valence-corrected chi connectivity index (χ2v) is 0.923. The van der Waals surface area contributed by atoms with Crippen molar-refractivity contribution in [2.24, 2.45) is 0 Å². The first kappa shape index (κ1) is 6.61. The quantitative estimate of drug-likeness (QED) is 0.324. The van der Waals surface area contributed by atoms with E-state index in [9.17, 15) is 5.21 Å². The molecule has 7 heavy (non-hydrogen) atoms. The van der Waals surface area contributed by atoms with Crippen molar-refractivity contribution in [3.63, 3.8) is 0 Å². The number of rotatable bonds is 0. The fraction of sp³-hybridized carbons (Fsp3) is 0. The van der Waals surface area contributed by atoms with Crippen molar-refractivity contribution in [3.8, 4) is 0 Å².